The van der Waals surface area contributed by atoms with Crippen LogP contribution in [0.2, 0.25) is 0 Å². The lowest BCUT2D eigenvalue weighted by Gasteiger charge is -2.35. The molecular formula is C23H42BrN. The molecule has 1 nitrogen and oxygen atoms in total. The molecule has 0 spiro atoms. The third-order valence-electron chi connectivity index (χ3n) is 5.36. The van der Waals surface area contributed by atoms with Crippen molar-refractivity contribution >= 4 is 0 Å². The molecule has 0 aliphatic heterocycles. The Hall–Kier alpha value is -0.340. The van der Waals surface area contributed by atoms with Gasteiger partial charge in [0.25, 0.3) is 0 Å². The van der Waals surface area contributed by atoms with Crippen LogP contribution in [0.15, 0.2) is 30.3 Å². The molecule has 0 saturated heterocycles. The van der Waals surface area contributed by atoms with E-state index in [1.54, 1.807) is 0 Å². The average Bonchev–Trinajstić information content (AvgIpc) is 2.61. The molecule has 0 N–H and O–H groups in total. The molecule has 0 amide bonds. The fraction of sp³-hybridized carbons (Fsp3) is 0.739. The van der Waals surface area contributed by atoms with Gasteiger partial charge in [-0.3, -0.25) is 0 Å². The molecule has 0 saturated carbocycles. The fourth-order valence-corrected chi connectivity index (χ4v) is 3.64. The average molecular weight is 412 g/mol. The summed E-state index contributed by atoms with van der Waals surface area (Å²) < 4.78 is 1.31. The Kier molecular flexibility index (Phi) is 15.7. The summed E-state index contributed by atoms with van der Waals surface area (Å²) in [5.74, 6) is 0. The van der Waals surface area contributed by atoms with Crippen molar-refractivity contribution in [3.05, 3.63) is 35.9 Å². The van der Waals surface area contributed by atoms with E-state index in [1.807, 2.05) is 0 Å². The van der Waals surface area contributed by atoms with Crippen LogP contribution in [0.1, 0.15) is 83.6 Å². The van der Waals surface area contributed by atoms with Crippen LogP contribution < -0.4 is 17.0 Å². The van der Waals surface area contributed by atoms with Gasteiger partial charge in [0, 0.05) is 0 Å². The monoisotopic (exact) mass is 411 g/mol. The lowest BCUT2D eigenvalue weighted by molar-refractivity contribution is -0.910. The molecule has 2 heteroatoms. The standard InChI is InChI=1S/C23H42N.BrH/c1-4-6-8-14-20-24(3,21-15-9-7-5-2)22-16-13-19-23-17-11-10-12-18-23;/h10-12,17-18H,4-9,13-16,19-22H2,1-3H3;1H/q+1;/p-1. The van der Waals surface area contributed by atoms with Gasteiger partial charge in [-0.2, -0.15) is 0 Å². The molecule has 0 aliphatic rings. The van der Waals surface area contributed by atoms with Crippen LogP contribution in [-0.4, -0.2) is 31.2 Å². The van der Waals surface area contributed by atoms with Gasteiger partial charge in [-0.1, -0.05) is 69.9 Å². The summed E-state index contributed by atoms with van der Waals surface area (Å²) >= 11 is 0. The summed E-state index contributed by atoms with van der Waals surface area (Å²) in [5.41, 5.74) is 1.50. The van der Waals surface area contributed by atoms with E-state index in [0.717, 1.165) is 0 Å². The Morgan fingerprint density at radius 1 is 0.640 bits per heavy atom. The second-order valence-electron chi connectivity index (χ2n) is 7.85. The molecule has 0 fully saturated rings. The van der Waals surface area contributed by atoms with Gasteiger partial charge in [0.2, 0.25) is 0 Å². The van der Waals surface area contributed by atoms with Gasteiger partial charge in [0.15, 0.2) is 0 Å². The van der Waals surface area contributed by atoms with Gasteiger partial charge in [0.1, 0.15) is 0 Å². The fourth-order valence-electron chi connectivity index (χ4n) is 3.64. The quantitative estimate of drug-likeness (QED) is 0.305. The summed E-state index contributed by atoms with van der Waals surface area (Å²) in [6.45, 7) is 8.75. The number of halogens is 1. The molecule has 146 valence electrons. The third kappa shape index (κ3) is 12.6. The molecule has 1 rings (SSSR count). The van der Waals surface area contributed by atoms with Crippen LogP contribution in [0, 0.1) is 0 Å². The van der Waals surface area contributed by atoms with Crippen LogP contribution in [0.25, 0.3) is 0 Å². The molecule has 0 bridgehead atoms. The minimum Gasteiger partial charge on any atom is -1.00 e. The van der Waals surface area contributed by atoms with Crippen molar-refractivity contribution in [2.45, 2.75) is 84.5 Å². The molecule has 0 aliphatic carbocycles. The number of nitrogens with zero attached hydrogens (tertiary/aromatic N) is 1. The number of quaternary nitrogens is 1. The smallest absolute Gasteiger partial charge is 0.0784 e. The molecule has 1 aromatic rings. The molecular weight excluding hydrogens is 370 g/mol. The minimum absolute atomic E-state index is 0. The second kappa shape index (κ2) is 15.9. The Morgan fingerprint density at radius 2 is 1.12 bits per heavy atom. The summed E-state index contributed by atoms with van der Waals surface area (Å²) in [5, 5.41) is 0. The number of rotatable bonds is 15. The summed E-state index contributed by atoms with van der Waals surface area (Å²) in [7, 11) is 2.51. The zero-order chi connectivity index (χ0) is 17.5. The SMILES string of the molecule is CCCCCC[N+](C)(CCCCCC)CCCCc1ccccc1.[Br-]. The predicted octanol–water partition coefficient (Wildman–Crippen LogP) is 3.62. The van der Waals surface area contributed by atoms with Gasteiger partial charge in [-0.15, -0.1) is 0 Å². The Balaban J connectivity index is 0.00000576. The minimum atomic E-state index is 0. The predicted molar refractivity (Wildman–Crippen MR) is 108 cm³/mol. The van der Waals surface area contributed by atoms with Gasteiger partial charge < -0.3 is 21.5 Å². The van der Waals surface area contributed by atoms with E-state index in [0.29, 0.717) is 0 Å². The zero-order valence-electron chi connectivity index (χ0n) is 17.1. The first-order valence-electron chi connectivity index (χ1n) is 10.6. The van der Waals surface area contributed by atoms with Gasteiger partial charge in [-0.05, 0) is 50.5 Å². The maximum absolute atomic E-state index is 2.51. The van der Waals surface area contributed by atoms with Crippen LogP contribution in [0.4, 0.5) is 0 Å². The van der Waals surface area contributed by atoms with E-state index in [4.69, 9.17) is 0 Å². The van der Waals surface area contributed by atoms with E-state index < -0.39 is 0 Å². The second-order valence-corrected chi connectivity index (χ2v) is 7.85. The molecule has 0 atom stereocenters. The van der Waals surface area contributed by atoms with Crippen molar-refractivity contribution in [1.29, 1.82) is 0 Å². The normalized spacial score (nSPS) is 11.3. The maximum atomic E-state index is 2.51. The number of unbranched alkanes of at least 4 members (excludes halogenated alkanes) is 7. The Labute approximate surface area is 168 Å². The Morgan fingerprint density at radius 3 is 1.60 bits per heavy atom. The zero-order valence-corrected chi connectivity index (χ0v) is 18.7. The maximum Gasteiger partial charge on any atom is 0.0784 e. The van der Waals surface area contributed by atoms with Crippen LogP contribution in [0.5, 0.6) is 0 Å². The highest BCUT2D eigenvalue weighted by Gasteiger charge is 2.20. The van der Waals surface area contributed by atoms with E-state index in [1.165, 1.54) is 100 Å². The molecule has 0 radical (unpaired) electrons. The van der Waals surface area contributed by atoms with Crippen LogP contribution in [0.3, 0.4) is 0 Å². The molecule has 0 unspecified atom stereocenters. The first-order valence-corrected chi connectivity index (χ1v) is 10.6. The first kappa shape index (κ1) is 24.7. The highest BCUT2D eigenvalue weighted by molar-refractivity contribution is 5.14. The van der Waals surface area contributed by atoms with Crippen molar-refractivity contribution in [3.63, 3.8) is 0 Å². The van der Waals surface area contributed by atoms with Crippen molar-refractivity contribution in [2.24, 2.45) is 0 Å². The first-order chi connectivity index (χ1) is 11.7. The van der Waals surface area contributed by atoms with Gasteiger partial charge in [-0.25, -0.2) is 0 Å². The number of aryl methyl sites for hydroxylation is 1. The highest BCUT2D eigenvalue weighted by Crippen LogP contribution is 2.14. The number of hydrogen-bond acceptors (Lipinski definition) is 0. The largest absolute Gasteiger partial charge is 1.00 e. The van der Waals surface area contributed by atoms with Crippen molar-refractivity contribution in [1.82, 2.24) is 0 Å². The number of hydrogen-bond donors (Lipinski definition) is 0. The van der Waals surface area contributed by atoms with Gasteiger partial charge in [0.05, 0.1) is 26.7 Å². The van der Waals surface area contributed by atoms with E-state index >= 15 is 0 Å². The third-order valence-corrected chi connectivity index (χ3v) is 5.36. The summed E-state index contributed by atoms with van der Waals surface area (Å²) in [4.78, 5) is 0. The van der Waals surface area contributed by atoms with E-state index in [9.17, 15) is 0 Å². The highest BCUT2D eigenvalue weighted by atomic mass is 79.9. The lowest BCUT2D eigenvalue weighted by Crippen LogP contribution is -3.00. The van der Waals surface area contributed by atoms with Crippen LogP contribution in [-0.2, 0) is 6.42 Å². The number of benzene rings is 1. The van der Waals surface area contributed by atoms with Crippen LogP contribution >= 0.6 is 0 Å². The van der Waals surface area contributed by atoms with Crippen molar-refractivity contribution in [2.75, 3.05) is 26.7 Å². The topological polar surface area (TPSA) is 0 Å². The molecule has 0 heterocycles. The van der Waals surface area contributed by atoms with Crippen molar-refractivity contribution < 1.29 is 21.5 Å². The van der Waals surface area contributed by atoms with E-state index in [2.05, 4.69) is 51.2 Å². The Bertz CT molecular complexity index is 378. The molecule has 1 aromatic carbocycles. The summed E-state index contributed by atoms with van der Waals surface area (Å²) in [6, 6.07) is 11.0. The van der Waals surface area contributed by atoms with Crippen molar-refractivity contribution in [3.8, 4) is 0 Å². The molecule has 25 heavy (non-hydrogen) atoms. The summed E-state index contributed by atoms with van der Waals surface area (Å²) in [6.07, 6.45) is 15.1. The van der Waals surface area contributed by atoms with E-state index in [-0.39, 0.29) is 17.0 Å². The lowest BCUT2D eigenvalue weighted by atomic mass is 10.1. The molecule has 0 aromatic heterocycles. The van der Waals surface area contributed by atoms with Gasteiger partial charge >= 0.3 is 0 Å².